The largest absolute Gasteiger partial charge is 0.494 e. The summed E-state index contributed by atoms with van der Waals surface area (Å²) >= 11 is 0. The van der Waals surface area contributed by atoms with Gasteiger partial charge in [0, 0.05) is 18.9 Å². The van der Waals surface area contributed by atoms with Gasteiger partial charge in [0.25, 0.3) is 5.91 Å². The number of aromatic nitrogens is 1. The highest BCUT2D eigenvalue weighted by molar-refractivity contribution is 5.94. The number of primary amides is 1. The monoisotopic (exact) mass is 327 g/mol. The van der Waals surface area contributed by atoms with Gasteiger partial charge in [-0.25, -0.2) is 0 Å². The van der Waals surface area contributed by atoms with Crippen molar-refractivity contribution in [3.8, 4) is 5.75 Å². The molecule has 1 aromatic heterocycles. The zero-order valence-electron chi connectivity index (χ0n) is 13.6. The highest BCUT2D eigenvalue weighted by Gasteiger charge is 2.17. The smallest absolute Gasteiger partial charge is 0.252 e. The van der Waals surface area contributed by atoms with Gasteiger partial charge in [-0.2, -0.15) is 0 Å². The molecule has 2 amide bonds. The summed E-state index contributed by atoms with van der Waals surface area (Å²) < 4.78 is 5.39. The summed E-state index contributed by atoms with van der Waals surface area (Å²) in [5.41, 5.74) is 6.86. The Kier molecular flexibility index (Phi) is 6.31. The lowest BCUT2D eigenvalue weighted by atomic mass is 9.98. The highest BCUT2D eigenvalue weighted by atomic mass is 16.5. The van der Waals surface area contributed by atoms with Gasteiger partial charge in [0.2, 0.25) is 5.91 Å². The average molecular weight is 327 g/mol. The van der Waals surface area contributed by atoms with E-state index in [9.17, 15) is 9.59 Å². The minimum Gasteiger partial charge on any atom is -0.494 e. The van der Waals surface area contributed by atoms with Crippen LogP contribution in [-0.4, -0.2) is 29.9 Å². The van der Waals surface area contributed by atoms with Crippen LogP contribution in [0.5, 0.6) is 5.75 Å². The zero-order chi connectivity index (χ0) is 17.4. The van der Waals surface area contributed by atoms with Gasteiger partial charge in [0.15, 0.2) is 0 Å². The molecule has 0 spiro atoms. The van der Waals surface area contributed by atoms with Crippen LogP contribution in [0.3, 0.4) is 0 Å². The summed E-state index contributed by atoms with van der Waals surface area (Å²) in [7, 11) is 0. The molecule has 0 bridgehead atoms. The Morgan fingerprint density at radius 1 is 1.25 bits per heavy atom. The molecule has 0 saturated heterocycles. The van der Waals surface area contributed by atoms with Crippen LogP contribution in [0.2, 0.25) is 0 Å². The molecule has 0 fully saturated rings. The number of ether oxygens (including phenoxy) is 1. The van der Waals surface area contributed by atoms with E-state index in [4.69, 9.17) is 10.5 Å². The number of carbonyl (C=O) groups is 2. The number of rotatable bonds is 8. The minimum atomic E-state index is -0.483. The third-order valence-corrected chi connectivity index (χ3v) is 3.55. The number of nitrogens with one attached hydrogen (secondary N) is 1. The van der Waals surface area contributed by atoms with Crippen molar-refractivity contribution in [2.45, 2.75) is 13.3 Å². The number of nitrogens with zero attached hydrogens (tertiary/aromatic N) is 1. The quantitative estimate of drug-likeness (QED) is 0.769. The number of amides is 2. The van der Waals surface area contributed by atoms with Crippen molar-refractivity contribution in [3.63, 3.8) is 0 Å². The van der Waals surface area contributed by atoms with Gasteiger partial charge >= 0.3 is 0 Å². The number of hydrogen-bond donors (Lipinski definition) is 2. The molecular weight excluding hydrogens is 306 g/mol. The Balaban J connectivity index is 1.94. The van der Waals surface area contributed by atoms with Crippen LogP contribution in [0.25, 0.3) is 0 Å². The Bertz CT molecular complexity index is 672. The van der Waals surface area contributed by atoms with E-state index in [2.05, 4.69) is 10.3 Å². The third kappa shape index (κ3) is 5.08. The van der Waals surface area contributed by atoms with Crippen molar-refractivity contribution in [2.75, 3.05) is 13.2 Å². The maximum atomic E-state index is 12.0. The lowest BCUT2D eigenvalue weighted by Crippen LogP contribution is -2.37. The van der Waals surface area contributed by atoms with Gasteiger partial charge < -0.3 is 15.8 Å². The van der Waals surface area contributed by atoms with Crippen molar-refractivity contribution in [1.82, 2.24) is 10.3 Å². The molecule has 1 heterocycles. The van der Waals surface area contributed by atoms with Crippen LogP contribution in [0.4, 0.5) is 0 Å². The molecule has 0 radical (unpaired) electrons. The molecule has 0 unspecified atom stereocenters. The number of nitrogens with two attached hydrogens (primary N) is 1. The molecule has 6 heteroatoms. The summed E-state index contributed by atoms with van der Waals surface area (Å²) in [5.74, 6) is -0.429. The number of pyridine rings is 1. The van der Waals surface area contributed by atoms with E-state index in [1.165, 1.54) is 6.20 Å². The van der Waals surface area contributed by atoms with Gasteiger partial charge in [-0.05, 0) is 43.2 Å². The summed E-state index contributed by atoms with van der Waals surface area (Å²) in [6, 6.07) is 10.8. The first-order valence-corrected chi connectivity index (χ1v) is 7.79. The van der Waals surface area contributed by atoms with Crippen molar-refractivity contribution >= 4 is 11.8 Å². The molecule has 2 aromatic rings. The molecule has 126 valence electrons. The van der Waals surface area contributed by atoms with Crippen LogP contribution in [0.15, 0.2) is 48.8 Å². The van der Waals surface area contributed by atoms with E-state index in [1.54, 1.807) is 18.3 Å². The van der Waals surface area contributed by atoms with Crippen LogP contribution in [-0.2, 0) is 11.2 Å². The molecule has 0 aliphatic heterocycles. The maximum Gasteiger partial charge on any atom is 0.252 e. The van der Waals surface area contributed by atoms with E-state index in [0.29, 0.717) is 18.6 Å². The fraction of sp³-hybridized carbons (Fsp3) is 0.278. The lowest BCUT2D eigenvalue weighted by Gasteiger charge is -2.15. The van der Waals surface area contributed by atoms with E-state index in [0.717, 1.165) is 11.3 Å². The van der Waals surface area contributed by atoms with E-state index in [-0.39, 0.29) is 12.5 Å². The van der Waals surface area contributed by atoms with Gasteiger partial charge in [0.05, 0.1) is 18.1 Å². The molecule has 3 N–H and O–H groups in total. The van der Waals surface area contributed by atoms with Crippen molar-refractivity contribution in [1.29, 1.82) is 0 Å². The molecule has 1 atom stereocenters. The number of benzene rings is 1. The normalized spacial score (nSPS) is 11.5. The zero-order valence-corrected chi connectivity index (χ0v) is 13.6. The minimum absolute atomic E-state index is 0.177. The van der Waals surface area contributed by atoms with Crippen LogP contribution >= 0.6 is 0 Å². The van der Waals surface area contributed by atoms with Gasteiger partial charge in [-0.15, -0.1) is 0 Å². The Morgan fingerprint density at radius 2 is 2.00 bits per heavy atom. The number of carbonyl (C=O) groups excluding carboxylic acids is 2. The van der Waals surface area contributed by atoms with Crippen LogP contribution < -0.4 is 15.8 Å². The van der Waals surface area contributed by atoms with Crippen LogP contribution in [0.1, 0.15) is 22.8 Å². The predicted octanol–water partition coefficient (Wildman–Crippen LogP) is 1.55. The van der Waals surface area contributed by atoms with E-state index in [1.807, 2.05) is 31.2 Å². The molecule has 0 saturated carbocycles. The standard InChI is InChI=1S/C18H21N3O3/c1-2-24-16-7-5-13(6-8-16)10-15(17(19)22)12-21-18(23)14-4-3-9-20-11-14/h3-9,11,15H,2,10,12H2,1H3,(H2,19,22)(H,21,23)/t15-/m0/s1. The summed E-state index contributed by atoms with van der Waals surface area (Å²) in [5, 5.41) is 2.73. The van der Waals surface area contributed by atoms with Crippen molar-refractivity contribution in [2.24, 2.45) is 11.7 Å². The van der Waals surface area contributed by atoms with E-state index >= 15 is 0 Å². The molecule has 24 heavy (non-hydrogen) atoms. The summed E-state index contributed by atoms with van der Waals surface area (Å²) in [4.78, 5) is 27.6. The second-order valence-electron chi connectivity index (χ2n) is 5.33. The molecule has 0 aliphatic rings. The lowest BCUT2D eigenvalue weighted by molar-refractivity contribution is -0.121. The second kappa shape index (κ2) is 8.67. The first-order valence-electron chi connectivity index (χ1n) is 7.79. The van der Waals surface area contributed by atoms with Gasteiger partial charge in [-0.1, -0.05) is 12.1 Å². The van der Waals surface area contributed by atoms with Gasteiger partial charge in [-0.3, -0.25) is 14.6 Å². The molecule has 1 aromatic carbocycles. The third-order valence-electron chi connectivity index (χ3n) is 3.55. The number of hydrogen-bond acceptors (Lipinski definition) is 4. The average Bonchev–Trinajstić information content (AvgIpc) is 2.60. The Hall–Kier alpha value is -2.89. The fourth-order valence-electron chi connectivity index (χ4n) is 2.26. The predicted molar refractivity (Wildman–Crippen MR) is 90.6 cm³/mol. The molecule has 2 rings (SSSR count). The van der Waals surface area contributed by atoms with Crippen LogP contribution in [0, 0.1) is 5.92 Å². The Morgan fingerprint density at radius 3 is 2.58 bits per heavy atom. The first-order chi connectivity index (χ1) is 11.6. The molecular formula is C18H21N3O3. The highest BCUT2D eigenvalue weighted by Crippen LogP contribution is 2.15. The molecule has 0 aliphatic carbocycles. The van der Waals surface area contributed by atoms with Crippen molar-refractivity contribution < 1.29 is 14.3 Å². The SMILES string of the molecule is CCOc1ccc(C[C@@H](CNC(=O)c2cccnc2)C(N)=O)cc1. The summed E-state index contributed by atoms with van der Waals surface area (Å²) in [6.45, 7) is 2.70. The topological polar surface area (TPSA) is 94.3 Å². The van der Waals surface area contributed by atoms with Crippen molar-refractivity contribution in [3.05, 3.63) is 59.9 Å². The maximum absolute atomic E-state index is 12.0. The first kappa shape index (κ1) is 17.5. The molecule has 6 nitrogen and oxygen atoms in total. The Labute approximate surface area is 141 Å². The summed E-state index contributed by atoms with van der Waals surface area (Å²) in [6.07, 6.45) is 3.52. The fourth-order valence-corrected chi connectivity index (χ4v) is 2.26. The second-order valence-corrected chi connectivity index (χ2v) is 5.33. The van der Waals surface area contributed by atoms with E-state index < -0.39 is 11.8 Å². The van der Waals surface area contributed by atoms with Gasteiger partial charge in [0.1, 0.15) is 5.75 Å².